The third kappa shape index (κ3) is 6.33. The Bertz CT molecular complexity index is 1390. The number of aliphatic hydroxyl groups is 1. The van der Waals surface area contributed by atoms with Gasteiger partial charge in [-0.15, -0.1) is 0 Å². The molecule has 1 aromatic rings. The van der Waals surface area contributed by atoms with Crippen LogP contribution < -0.4 is 0 Å². The summed E-state index contributed by atoms with van der Waals surface area (Å²) >= 11 is 0. The van der Waals surface area contributed by atoms with Crippen LogP contribution in [-0.4, -0.2) is 82.8 Å². The molecule has 3 aliphatic rings. The molecule has 48 heavy (non-hydrogen) atoms. The topological polar surface area (TPSA) is 161 Å². The average molecular weight is 675 g/mol. The Morgan fingerprint density at radius 3 is 1.98 bits per heavy atom. The van der Waals surface area contributed by atoms with E-state index in [-0.39, 0.29) is 18.4 Å². The van der Waals surface area contributed by atoms with E-state index >= 15 is 0 Å². The molecule has 1 spiro atoms. The Morgan fingerprint density at radius 2 is 1.44 bits per heavy atom. The highest BCUT2D eigenvalue weighted by Crippen LogP contribution is 2.69. The first-order chi connectivity index (χ1) is 22.4. The van der Waals surface area contributed by atoms with Crippen LogP contribution in [0.25, 0.3) is 0 Å². The summed E-state index contributed by atoms with van der Waals surface area (Å²) in [6, 6.07) is 8.24. The highest BCUT2D eigenvalue weighted by molar-refractivity contribution is 5.89. The summed E-state index contributed by atoms with van der Waals surface area (Å²) in [7, 11) is 0. The van der Waals surface area contributed by atoms with E-state index < -0.39 is 101 Å². The molecule has 2 unspecified atom stereocenters. The molecule has 12 nitrogen and oxygen atoms in total. The fraction of sp³-hybridized carbons (Fsp3) is 0.694. The Labute approximate surface area is 282 Å². The van der Waals surface area contributed by atoms with Crippen molar-refractivity contribution in [2.75, 3.05) is 6.61 Å². The molecule has 4 rings (SSSR count). The summed E-state index contributed by atoms with van der Waals surface area (Å²) in [5.41, 5.74) is -6.85. The van der Waals surface area contributed by atoms with Crippen LogP contribution in [0, 0.1) is 23.2 Å². The number of fused-ring (bicyclic) bond motifs is 1. The van der Waals surface area contributed by atoms with Crippen molar-refractivity contribution in [2.45, 2.75) is 129 Å². The van der Waals surface area contributed by atoms with Gasteiger partial charge in [0, 0.05) is 26.2 Å². The molecule has 0 aromatic heterocycles. The molecule has 0 amide bonds. The van der Waals surface area contributed by atoms with Gasteiger partial charge in [0.25, 0.3) is 0 Å². The minimum Gasteiger partial charge on any atom is -0.465 e. The fourth-order valence-corrected chi connectivity index (χ4v) is 7.83. The highest BCUT2D eigenvalue weighted by Gasteiger charge is 2.86. The van der Waals surface area contributed by atoms with Gasteiger partial charge in [0.15, 0.2) is 11.7 Å². The molecule has 10 atom stereocenters. The summed E-state index contributed by atoms with van der Waals surface area (Å²) in [6.45, 7) is 13.8. The second-order valence-electron chi connectivity index (χ2n) is 14.3. The summed E-state index contributed by atoms with van der Waals surface area (Å²) < 4.78 is 37.4. The van der Waals surface area contributed by atoms with Crippen molar-refractivity contribution >= 4 is 29.8 Å². The Kier molecular flexibility index (Phi) is 10.7. The molecule has 2 aliphatic carbocycles. The summed E-state index contributed by atoms with van der Waals surface area (Å²) in [4.78, 5) is 66.4. The predicted octanol–water partition coefficient (Wildman–Crippen LogP) is 4.33. The molecule has 1 aromatic carbocycles. The summed E-state index contributed by atoms with van der Waals surface area (Å²) in [6.07, 6.45) is -4.71. The van der Waals surface area contributed by atoms with Crippen LogP contribution in [0.3, 0.4) is 0 Å². The molecule has 266 valence electrons. The van der Waals surface area contributed by atoms with Crippen molar-refractivity contribution in [2.24, 2.45) is 23.2 Å². The largest absolute Gasteiger partial charge is 0.465 e. The van der Waals surface area contributed by atoms with Gasteiger partial charge in [-0.3, -0.25) is 19.2 Å². The Hall–Kier alpha value is -3.51. The van der Waals surface area contributed by atoms with E-state index in [9.17, 15) is 29.1 Å². The van der Waals surface area contributed by atoms with Gasteiger partial charge >= 0.3 is 29.8 Å². The van der Waals surface area contributed by atoms with Crippen LogP contribution >= 0.6 is 0 Å². The number of hydrogen-bond acceptors (Lipinski definition) is 12. The van der Waals surface area contributed by atoms with Crippen molar-refractivity contribution in [3.05, 3.63) is 35.9 Å². The van der Waals surface area contributed by atoms with E-state index in [1.165, 1.54) is 20.8 Å². The standard InChI is InChI=1S/C36H50O12/c1-10-20(3)30(39)45-26-18-34(9,42)36-28(44-23(6)38)25(33(7,8)48-36)17-27(46-32(41)24-15-13-12-14-16-24)35(36,19-43-22(5)37)29(26)47-31(40)21(4)11-2/h12-16,20-21,25-29,42H,10-11,17-19H2,1-9H3/t20?,21?,25-,26+,27+,28-,29+,34+,35-,36+/m0/s1. The van der Waals surface area contributed by atoms with Crippen molar-refractivity contribution in [1.82, 2.24) is 0 Å². The summed E-state index contributed by atoms with van der Waals surface area (Å²) in [5.74, 6) is -5.16. The predicted molar refractivity (Wildman–Crippen MR) is 170 cm³/mol. The van der Waals surface area contributed by atoms with E-state index in [0.29, 0.717) is 12.8 Å². The van der Waals surface area contributed by atoms with Gasteiger partial charge in [0.2, 0.25) is 0 Å². The van der Waals surface area contributed by atoms with Gasteiger partial charge in [-0.2, -0.15) is 0 Å². The zero-order valence-electron chi connectivity index (χ0n) is 29.4. The first-order valence-corrected chi connectivity index (χ1v) is 16.8. The van der Waals surface area contributed by atoms with Crippen LogP contribution in [0.4, 0.5) is 0 Å². The van der Waals surface area contributed by atoms with Gasteiger partial charge < -0.3 is 33.5 Å². The van der Waals surface area contributed by atoms with Crippen molar-refractivity contribution in [1.29, 1.82) is 0 Å². The monoisotopic (exact) mass is 674 g/mol. The lowest BCUT2D eigenvalue weighted by Crippen LogP contribution is -2.83. The Balaban J connectivity index is 2.07. The molecule has 1 N–H and O–H groups in total. The zero-order chi connectivity index (χ0) is 35.8. The van der Waals surface area contributed by atoms with E-state index in [1.807, 2.05) is 13.8 Å². The third-order valence-electron chi connectivity index (χ3n) is 10.7. The van der Waals surface area contributed by atoms with Crippen LogP contribution in [0.5, 0.6) is 0 Å². The molecule has 2 saturated carbocycles. The van der Waals surface area contributed by atoms with E-state index in [0.717, 1.165) is 0 Å². The van der Waals surface area contributed by atoms with Crippen molar-refractivity contribution < 1.29 is 57.5 Å². The maximum Gasteiger partial charge on any atom is 0.338 e. The second kappa shape index (κ2) is 13.8. The minimum atomic E-state index is -2.01. The van der Waals surface area contributed by atoms with Gasteiger partial charge in [-0.25, -0.2) is 4.79 Å². The minimum absolute atomic E-state index is 0.00791. The Morgan fingerprint density at radius 1 is 0.854 bits per heavy atom. The number of rotatable bonds is 11. The molecule has 0 radical (unpaired) electrons. The highest BCUT2D eigenvalue weighted by atomic mass is 16.6. The first kappa shape index (κ1) is 37.3. The van der Waals surface area contributed by atoms with Crippen LogP contribution in [0.2, 0.25) is 0 Å². The first-order valence-electron chi connectivity index (χ1n) is 16.8. The third-order valence-corrected chi connectivity index (χ3v) is 10.7. The van der Waals surface area contributed by atoms with Gasteiger partial charge in [0.05, 0.1) is 28.6 Å². The number of carbonyl (C=O) groups excluding carboxylic acids is 5. The molecule has 1 heterocycles. The molecular formula is C36H50O12. The van der Waals surface area contributed by atoms with E-state index in [2.05, 4.69) is 0 Å². The lowest BCUT2D eigenvalue weighted by atomic mass is 9.46. The van der Waals surface area contributed by atoms with Gasteiger partial charge in [-0.1, -0.05) is 45.9 Å². The molecule has 3 fully saturated rings. The molecule has 1 aliphatic heterocycles. The smallest absolute Gasteiger partial charge is 0.338 e. The molecule has 1 saturated heterocycles. The van der Waals surface area contributed by atoms with E-state index in [4.69, 9.17) is 28.4 Å². The normalized spacial score (nSPS) is 34.5. The molecule has 2 bridgehead atoms. The number of esters is 5. The second-order valence-corrected chi connectivity index (χ2v) is 14.3. The number of ether oxygens (including phenoxy) is 6. The van der Waals surface area contributed by atoms with Crippen molar-refractivity contribution in [3.63, 3.8) is 0 Å². The molecular weight excluding hydrogens is 624 g/mol. The van der Waals surface area contributed by atoms with E-state index in [1.54, 1.807) is 58.0 Å². The SMILES string of the molecule is CCC(C)C(=O)O[C@@H]1[C@H](OC(=O)C(C)CC)C[C@@](C)(O)[C@@]23OC(C)(C)[C@@H](C[C@@H](OC(=O)c4ccccc4)[C@@]12COC(C)=O)[C@@H]3OC(C)=O. The van der Waals surface area contributed by atoms with Crippen LogP contribution in [-0.2, 0) is 47.6 Å². The molecule has 12 heteroatoms. The van der Waals surface area contributed by atoms with Crippen molar-refractivity contribution in [3.8, 4) is 0 Å². The number of benzene rings is 1. The fourth-order valence-electron chi connectivity index (χ4n) is 7.83. The zero-order valence-corrected chi connectivity index (χ0v) is 29.4. The quantitative estimate of drug-likeness (QED) is 0.262. The number of carbonyl (C=O) groups is 5. The van der Waals surface area contributed by atoms with Crippen LogP contribution in [0.15, 0.2) is 30.3 Å². The van der Waals surface area contributed by atoms with Gasteiger partial charge in [-0.05, 0) is 52.2 Å². The lowest BCUT2D eigenvalue weighted by Gasteiger charge is -2.65. The van der Waals surface area contributed by atoms with Gasteiger partial charge in [0.1, 0.15) is 30.3 Å². The lowest BCUT2D eigenvalue weighted by molar-refractivity contribution is -0.356. The van der Waals surface area contributed by atoms with Crippen LogP contribution in [0.1, 0.15) is 98.4 Å². The summed E-state index contributed by atoms with van der Waals surface area (Å²) in [5, 5.41) is 12.7. The maximum atomic E-state index is 13.8. The number of hydrogen-bond donors (Lipinski definition) is 1. The maximum absolute atomic E-state index is 13.8. The average Bonchev–Trinajstić information content (AvgIpc) is 3.19.